The highest BCUT2D eigenvalue weighted by Crippen LogP contribution is 2.25. The van der Waals surface area contributed by atoms with Gasteiger partial charge >= 0.3 is 6.03 Å². The van der Waals surface area contributed by atoms with Crippen molar-refractivity contribution in [3.63, 3.8) is 0 Å². The van der Waals surface area contributed by atoms with Crippen LogP contribution >= 0.6 is 0 Å². The molecule has 4 rings (SSSR count). The molecule has 1 saturated heterocycles. The summed E-state index contributed by atoms with van der Waals surface area (Å²) in [6, 6.07) is 14.5. The van der Waals surface area contributed by atoms with Crippen molar-refractivity contribution in [3.05, 3.63) is 59.2 Å². The molecule has 5 heteroatoms. The van der Waals surface area contributed by atoms with E-state index in [1.807, 2.05) is 23.1 Å². The average Bonchev–Trinajstić information content (AvgIpc) is 2.70. The Morgan fingerprint density at radius 3 is 2.63 bits per heavy atom. The Balaban J connectivity index is 1.32. The summed E-state index contributed by atoms with van der Waals surface area (Å²) in [6.07, 6.45) is 0.824. The number of aryl methyl sites for hydroxylation is 1. The van der Waals surface area contributed by atoms with Crippen molar-refractivity contribution in [2.75, 3.05) is 37.7 Å². The summed E-state index contributed by atoms with van der Waals surface area (Å²) in [4.78, 5) is 17.0. The maximum Gasteiger partial charge on any atom is 0.317 e. The third-order valence-electron chi connectivity index (χ3n) is 5.69. The van der Waals surface area contributed by atoms with Gasteiger partial charge in [0, 0.05) is 31.9 Å². The molecule has 0 spiro atoms. The van der Waals surface area contributed by atoms with Gasteiger partial charge in [0.2, 0.25) is 0 Å². The van der Waals surface area contributed by atoms with Gasteiger partial charge in [0.25, 0.3) is 0 Å². The Hall–Kier alpha value is -2.69. The van der Waals surface area contributed by atoms with Crippen molar-refractivity contribution >= 4 is 11.7 Å². The van der Waals surface area contributed by atoms with Crippen LogP contribution in [-0.2, 0) is 6.42 Å². The topological polar surface area (TPSA) is 44.8 Å². The SMILES string of the molecule is Cc1cccc(N2CCN(C(=O)NC3COc4ccccc4C3)CC2)c1C. The molecule has 2 aromatic rings. The summed E-state index contributed by atoms with van der Waals surface area (Å²) in [7, 11) is 0. The van der Waals surface area contributed by atoms with E-state index in [1.165, 1.54) is 16.8 Å². The molecule has 2 aromatic carbocycles. The van der Waals surface area contributed by atoms with E-state index < -0.39 is 0 Å². The van der Waals surface area contributed by atoms with Crippen molar-refractivity contribution in [3.8, 4) is 5.75 Å². The monoisotopic (exact) mass is 365 g/mol. The number of para-hydroxylation sites is 1. The number of hydrogen-bond acceptors (Lipinski definition) is 3. The van der Waals surface area contributed by atoms with Gasteiger partial charge in [-0.05, 0) is 49.1 Å². The molecule has 5 nitrogen and oxygen atoms in total. The van der Waals surface area contributed by atoms with Crippen LogP contribution in [0, 0.1) is 13.8 Å². The van der Waals surface area contributed by atoms with E-state index >= 15 is 0 Å². The molecule has 2 amide bonds. The zero-order valence-electron chi connectivity index (χ0n) is 16.1. The molecule has 0 aromatic heterocycles. The number of anilines is 1. The molecule has 142 valence electrons. The molecule has 27 heavy (non-hydrogen) atoms. The number of nitrogens with zero attached hydrogens (tertiary/aromatic N) is 2. The van der Waals surface area contributed by atoms with Crippen molar-refractivity contribution in [2.24, 2.45) is 0 Å². The molecule has 0 radical (unpaired) electrons. The number of carbonyl (C=O) groups is 1. The molecule has 2 aliphatic rings. The Bertz CT molecular complexity index is 828. The molecule has 0 saturated carbocycles. The molecule has 0 aliphatic carbocycles. The van der Waals surface area contributed by atoms with Crippen LogP contribution < -0.4 is 15.0 Å². The first-order valence-corrected chi connectivity index (χ1v) is 9.69. The number of piperazine rings is 1. The molecule has 2 aliphatic heterocycles. The Kier molecular flexibility index (Phi) is 4.92. The number of urea groups is 1. The molecule has 2 heterocycles. The maximum atomic E-state index is 12.7. The number of carbonyl (C=O) groups excluding carboxylic acids is 1. The lowest BCUT2D eigenvalue weighted by Crippen LogP contribution is -2.55. The van der Waals surface area contributed by atoms with Crippen LogP contribution in [0.1, 0.15) is 16.7 Å². The third-order valence-corrected chi connectivity index (χ3v) is 5.69. The molecule has 1 unspecified atom stereocenters. The summed E-state index contributed by atoms with van der Waals surface area (Å²) in [5, 5.41) is 3.15. The van der Waals surface area contributed by atoms with Gasteiger partial charge in [-0.25, -0.2) is 4.79 Å². The standard InChI is InChI=1S/C22H27N3O2/c1-16-6-5-8-20(17(16)2)24-10-12-25(13-11-24)22(26)23-19-14-18-7-3-4-9-21(18)27-15-19/h3-9,19H,10-15H2,1-2H3,(H,23,26). The van der Waals surface area contributed by atoms with E-state index in [0.29, 0.717) is 6.61 Å². The van der Waals surface area contributed by atoms with Crippen LogP contribution in [0.2, 0.25) is 0 Å². The van der Waals surface area contributed by atoms with Crippen LogP contribution in [0.5, 0.6) is 5.75 Å². The second kappa shape index (κ2) is 7.51. The fourth-order valence-electron chi connectivity index (χ4n) is 3.92. The Labute approximate surface area is 160 Å². The fraction of sp³-hybridized carbons (Fsp3) is 0.409. The molecule has 0 bridgehead atoms. The normalized spacial score (nSPS) is 19.3. The summed E-state index contributed by atoms with van der Waals surface area (Å²) >= 11 is 0. The lowest BCUT2D eigenvalue weighted by atomic mass is 10.0. The van der Waals surface area contributed by atoms with E-state index in [4.69, 9.17) is 4.74 Å². The van der Waals surface area contributed by atoms with Gasteiger partial charge in [-0.15, -0.1) is 0 Å². The average molecular weight is 365 g/mol. The van der Waals surface area contributed by atoms with Crippen molar-refractivity contribution < 1.29 is 9.53 Å². The number of hydrogen-bond donors (Lipinski definition) is 1. The van der Waals surface area contributed by atoms with Crippen molar-refractivity contribution in [1.82, 2.24) is 10.2 Å². The predicted molar refractivity (Wildman–Crippen MR) is 108 cm³/mol. The second-order valence-corrected chi connectivity index (χ2v) is 7.46. The van der Waals surface area contributed by atoms with E-state index in [1.54, 1.807) is 0 Å². The van der Waals surface area contributed by atoms with E-state index in [-0.39, 0.29) is 12.1 Å². The number of benzene rings is 2. The van der Waals surface area contributed by atoms with Gasteiger partial charge in [0.1, 0.15) is 12.4 Å². The zero-order valence-corrected chi connectivity index (χ0v) is 16.1. The largest absolute Gasteiger partial charge is 0.491 e. The minimum Gasteiger partial charge on any atom is -0.491 e. The van der Waals surface area contributed by atoms with Gasteiger partial charge in [0.15, 0.2) is 0 Å². The van der Waals surface area contributed by atoms with Crippen LogP contribution in [0.3, 0.4) is 0 Å². The first-order valence-electron chi connectivity index (χ1n) is 9.69. The Morgan fingerprint density at radius 1 is 1.04 bits per heavy atom. The van der Waals surface area contributed by atoms with Crippen LogP contribution in [0.15, 0.2) is 42.5 Å². The van der Waals surface area contributed by atoms with E-state index in [9.17, 15) is 4.79 Å². The van der Waals surface area contributed by atoms with Crippen LogP contribution in [0.4, 0.5) is 10.5 Å². The zero-order chi connectivity index (χ0) is 18.8. The quantitative estimate of drug-likeness (QED) is 0.889. The fourth-order valence-corrected chi connectivity index (χ4v) is 3.92. The number of amides is 2. The van der Waals surface area contributed by atoms with Gasteiger partial charge in [-0.1, -0.05) is 30.3 Å². The number of ether oxygens (including phenoxy) is 1. The van der Waals surface area contributed by atoms with Crippen molar-refractivity contribution in [2.45, 2.75) is 26.3 Å². The van der Waals surface area contributed by atoms with Gasteiger partial charge in [0.05, 0.1) is 6.04 Å². The van der Waals surface area contributed by atoms with Crippen LogP contribution in [-0.4, -0.2) is 49.8 Å². The highest BCUT2D eigenvalue weighted by molar-refractivity contribution is 5.75. The summed E-state index contributed by atoms with van der Waals surface area (Å²) < 4.78 is 5.78. The van der Waals surface area contributed by atoms with Gasteiger partial charge < -0.3 is 19.9 Å². The second-order valence-electron chi connectivity index (χ2n) is 7.46. The highest BCUT2D eigenvalue weighted by atomic mass is 16.5. The first-order chi connectivity index (χ1) is 13.1. The van der Waals surface area contributed by atoms with E-state index in [2.05, 4.69) is 48.3 Å². The number of rotatable bonds is 2. The molecule has 1 atom stereocenters. The highest BCUT2D eigenvalue weighted by Gasteiger charge is 2.26. The number of nitrogens with one attached hydrogen (secondary N) is 1. The smallest absolute Gasteiger partial charge is 0.317 e. The summed E-state index contributed by atoms with van der Waals surface area (Å²) in [5.41, 5.74) is 5.08. The molecular weight excluding hydrogens is 338 g/mol. The maximum absolute atomic E-state index is 12.7. The Morgan fingerprint density at radius 2 is 1.81 bits per heavy atom. The van der Waals surface area contributed by atoms with Gasteiger partial charge in [-0.3, -0.25) is 0 Å². The van der Waals surface area contributed by atoms with Gasteiger partial charge in [-0.2, -0.15) is 0 Å². The van der Waals surface area contributed by atoms with E-state index in [0.717, 1.165) is 43.9 Å². The first kappa shape index (κ1) is 17.7. The summed E-state index contributed by atoms with van der Waals surface area (Å²) in [6.45, 7) is 8.05. The predicted octanol–water partition coefficient (Wildman–Crippen LogP) is 3.14. The van der Waals surface area contributed by atoms with Crippen LogP contribution in [0.25, 0.3) is 0 Å². The number of fused-ring (bicyclic) bond motifs is 1. The van der Waals surface area contributed by atoms with Crippen molar-refractivity contribution in [1.29, 1.82) is 0 Å². The molecular formula is C22H27N3O2. The molecule has 1 N–H and O–H groups in total. The third kappa shape index (κ3) is 3.72. The summed E-state index contributed by atoms with van der Waals surface area (Å²) in [5.74, 6) is 0.935. The minimum atomic E-state index is 0.0172. The lowest BCUT2D eigenvalue weighted by Gasteiger charge is -2.38. The molecule has 1 fully saturated rings. The lowest BCUT2D eigenvalue weighted by molar-refractivity contribution is 0.178. The minimum absolute atomic E-state index is 0.0172.